The zero-order valence-electron chi connectivity index (χ0n) is 14.9. The largest absolute Gasteiger partial charge is 0.481 e. The Labute approximate surface area is 151 Å². The molecule has 2 aromatic rings. The zero-order valence-corrected chi connectivity index (χ0v) is 14.9. The van der Waals surface area contributed by atoms with E-state index in [1.165, 1.54) is 0 Å². The van der Waals surface area contributed by atoms with Gasteiger partial charge in [0.15, 0.2) is 0 Å². The maximum Gasteiger partial charge on any atom is 0.322 e. The number of benzene rings is 1. The number of urea groups is 1. The summed E-state index contributed by atoms with van der Waals surface area (Å²) in [6.07, 6.45) is 1.93. The van der Waals surface area contributed by atoms with E-state index >= 15 is 0 Å². The number of aryl methyl sites for hydroxylation is 1. The molecule has 0 spiro atoms. The van der Waals surface area contributed by atoms with Gasteiger partial charge in [-0.1, -0.05) is 0 Å². The van der Waals surface area contributed by atoms with Gasteiger partial charge < -0.3 is 20.5 Å². The van der Waals surface area contributed by atoms with Crippen molar-refractivity contribution in [2.75, 3.05) is 5.32 Å². The van der Waals surface area contributed by atoms with E-state index in [0.29, 0.717) is 17.9 Å². The van der Waals surface area contributed by atoms with Crippen molar-refractivity contribution < 1.29 is 19.4 Å². The lowest BCUT2D eigenvalue weighted by molar-refractivity contribution is -0.137. The summed E-state index contributed by atoms with van der Waals surface area (Å²) in [4.78, 5) is 30.9. The molecule has 2 rings (SSSR count). The van der Waals surface area contributed by atoms with Crippen LogP contribution in [0.15, 0.2) is 36.5 Å². The molecule has 0 aliphatic heterocycles. The van der Waals surface area contributed by atoms with Crippen LogP contribution >= 0.6 is 0 Å². The molecule has 2 amide bonds. The normalized spacial score (nSPS) is 10.9. The fraction of sp³-hybridized carbons (Fsp3) is 0.333. The second-order valence-corrected chi connectivity index (χ2v) is 6.46. The fourth-order valence-corrected chi connectivity index (χ4v) is 2.14. The molecule has 0 aliphatic carbocycles. The Balaban J connectivity index is 1.90. The number of nitrogens with zero attached hydrogens (tertiary/aromatic N) is 2. The molecule has 26 heavy (non-hydrogen) atoms. The number of anilines is 1. The lowest BCUT2D eigenvalue weighted by Gasteiger charge is -2.25. The van der Waals surface area contributed by atoms with Crippen LogP contribution in [0.1, 0.15) is 32.4 Å². The third-order valence-electron chi connectivity index (χ3n) is 3.51. The van der Waals surface area contributed by atoms with Crippen molar-refractivity contribution in [3.63, 3.8) is 0 Å². The molecule has 1 aromatic heterocycles. The van der Waals surface area contributed by atoms with Gasteiger partial charge in [0, 0.05) is 29.5 Å². The smallest absolute Gasteiger partial charge is 0.322 e. The molecule has 0 saturated heterocycles. The lowest BCUT2D eigenvalue weighted by atomic mass is 9.99. The van der Waals surface area contributed by atoms with Crippen LogP contribution in [0.3, 0.4) is 0 Å². The molecule has 0 fully saturated rings. The molecule has 1 aromatic carbocycles. The van der Waals surface area contributed by atoms with Gasteiger partial charge in [-0.15, -0.1) is 0 Å². The molecule has 8 nitrogen and oxygen atoms in total. The summed E-state index contributed by atoms with van der Waals surface area (Å²) in [6.45, 7) is 5.39. The number of hydrogen-bond acceptors (Lipinski definition) is 5. The summed E-state index contributed by atoms with van der Waals surface area (Å²) in [6, 6.07) is 8.38. The molecule has 8 heteroatoms. The van der Waals surface area contributed by atoms with Gasteiger partial charge in [-0.25, -0.2) is 14.8 Å². The van der Waals surface area contributed by atoms with Gasteiger partial charge in [0.05, 0.1) is 0 Å². The number of ether oxygens (including phenoxy) is 1. The van der Waals surface area contributed by atoms with E-state index < -0.39 is 17.5 Å². The summed E-state index contributed by atoms with van der Waals surface area (Å²) in [7, 11) is 0. The fourth-order valence-electron chi connectivity index (χ4n) is 2.14. The lowest BCUT2D eigenvalue weighted by Crippen LogP contribution is -2.45. The SMILES string of the molecule is Cc1ccnc(Oc2ccc(NC(=O)NC(C)(C)CCC(=O)O)cc2)n1. The monoisotopic (exact) mass is 358 g/mol. The molecule has 0 saturated carbocycles. The third kappa shape index (κ3) is 6.39. The van der Waals surface area contributed by atoms with Crippen LogP contribution in [0.25, 0.3) is 0 Å². The number of carbonyl (C=O) groups excluding carboxylic acids is 1. The molecule has 1 heterocycles. The first-order chi connectivity index (χ1) is 12.2. The average molecular weight is 358 g/mol. The Morgan fingerprint density at radius 2 is 1.88 bits per heavy atom. The molecular weight excluding hydrogens is 336 g/mol. The van der Waals surface area contributed by atoms with E-state index in [0.717, 1.165) is 5.69 Å². The maximum absolute atomic E-state index is 12.1. The van der Waals surface area contributed by atoms with Crippen molar-refractivity contribution in [2.24, 2.45) is 0 Å². The summed E-state index contributed by atoms with van der Waals surface area (Å²) in [5.74, 6) is -0.350. The molecule has 0 radical (unpaired) electrons. The zero-order chi connectivity index (χ0) is 19.2. The van der Waals surface area contributed by atoms with Crippen LogP contribution in [-0.4, -0.2) is 32.6 Å². The minimum atomic E-state index is -0.895. The number of carboxylic acid groups (broad SMARTS) is 1. The number of amides is 2. The minimum Gasteiger partial charge on any atom is -0.481 e. The van der Waals surface area contributed by atoms with Crippen molar-refractivity contribution in [3.8, 4) is 11.8 Å². The van der Waals surface area contributed by atoms with Crippen LogP contribution in [0, 0.1) is 6.92 Å². The molecule has 0 atom stereocenters. The van der Waals surface area contributed by atoms with Gasteiger partial charge in [0.1, 0.15) is 5.75 Å². The first-order valence-corrected chi connectivity index (χ1v) is 8.12. The number of hydrogen-bond donors (Lipinski definition) is 3. The Hall–Kier alpha value is -3.16. The highest BCUT2D eigenvalue weighted by molar-refractivity contribution is 5.89. The van der Waals surface area contributed by atoms with Crippen molar-refractivity contribution >= 4 is 17.7 Å². The number of carboxylic acids is 1. The first-order valence-electron chi connectivity index (χ1n) is 8.12. The minimum absolute atomic E-state index is 0.0135. The van der Waals surface area contributed by atoms with E-state index in [9.17, 15) is 9.59 Å². The van der Waals surface area contributed by atoms with Crippen molar-refractivity contribution in [3.05, 3.63) is 42.2 Å². The average Bonchev–Trinajstić information content (AvgIpc) is 2.54. The van der Waals surface area contributed by atoms with Gasteiger partial charge in [-0.05, 0) is 57.5 Å². The summed E-state index contributed by atoms with van der Waals surface area (Å²) in [5.41, 5.74) is 0.748. The van der Waals surface area contributed by atoms with E-state index in [1.54, 1.807) is 50.4 Å². The molecule has 0 bridgehead atoms. The van der Waals surface area contributed by atoms with Gasteiger partial charge in [-0.3, -0.25) is 4.79 Å². The predicted molar refractivity (Wildman–Crippen MR) is 96.4 cm³/mol. The van der Waals surface area contributed by atoms with Crippen molar-refractivity contribution in [1.29, 1.82) is 0 Å². The van der Waals surface area contributed by atoms with Crippen molar-refractivity contribution in [2.45, 2.75) is 39.2 Å². The second-order valence-electron chi connectivity index (χ2n) is 6.46. The van der Waals surface area contributed by atoms with E-state index in [2.05, 4.69) is 20.6 Å². The molecule has 0 aliphatic rings. The third-order valence-corrected chi connectivity index (χ3v) is 3.51. The highest BCUT2D eigenvalue weighted by atomic mass is 16.5. The number of carbonyl (C=O) groups is 2. The predicted octanol–water partition coefficient (Wildman–Crippen LogP) is 3.34. The topological polar surface area (TPSA) is 113 Å². The van der Waals surface area contributed by atoms with Crippen molar-refractivity contribution in [1.82, 2.24) is 15.3 Å². The van der Waals surface area contributed by atoms with Crippen LogP contribution in [0.4, 0.5) is 10.5 Å². The number of aromatic nitrogens is 2. The van der Waals surface area contributed by atoms with Gasteiger partial charge >= 0.3 is 18.0 Å². The maximum atomic E-state index is 12.1. The highest BCUT2D eigenvalue weighted by Crippen LogP contribution is 2.20. The van der Waals surface area contributed by atoms with E-state index in [-0.39, 0.29) is 12.4 Å². The van der Waals surface area contributed by atoms with Gasteiger partial charge in [0.25, 0.3) is 0 Å². The molecule has 138 valence electrons. The Kier molecular flexibility index (Phi) is 6.11. The van der Waals surface area contributed by atoms with Crippen LogP contribution in [0.5, 0.6) is 11.8 Å². The molecule has 3 N–H and O–H groups in total. The Morgan fingerprint density at radius 1 is 1.19 bits per heavy atom. The summed E-state index contributed by atoms with van der Waals surface area (Å²) < 4.78 is 5.55. The van der Waals surface area contributed by atoms with Gasteiger partial charge in [-0.2, -0.15) is 0 Å². The standard InChI is InChI=1S/C18H22N4O4/c1-12-9-11-19-17(20-12)26-14-6-4-13(5-7-14)21-16(25)22-18(2,3)10-8-15(23)24/h4-7,9,11H,8,10H2,1-3H3,(H,23,24)(H2,21,22,25). The molecular formula is C18H22N4O4. The molecule has 0 unspecified atom stereocenters. The first kappa shape index (κ1) is 19.2. The van der Waals surface area contributed by atoms with E-state index in [1.807, 2.05) is 6.92 Å². The Bertz CT molecular complexity index is 775. The quantitative estimate of drug-likeness (QED) is 0.699. The summed E-state index contributed by atoms with van der Waals surface area (Å²) in [5, 5.41) is 14.2. The van der Waals surface area contributed by atoms with Gasteiger partial charge in [0.2, 0.25) is 0 Å². The number of aliphatic carboxylic acids is 1. The number of rotatable bonds is 7. The second kappa shape index (κ2) is 8.28. The highest BCUT2D eigenvalue weighted by Gasteiger charge is 2.21. The van der Waals surface area contributed by atoms with Crippen LogP contribution in [0.2, 0.25) is 0 Å². The summed E-state index contributed by atoms with van der Waals surface area (Å²) >= 11 is 0. The number of nitrogens with one attached hydrogen (secondary N) is 2. The van der Waals surface area contributed by atoms with E-state index in [4.69, 9.17) is 9.84 Å². The van der Waals surface area contributed by atoms with Crippen LogP contribution < -0.4 is 15.4 Å². The van der Waals surface area contributed by atoms with Crippen LogP contribution in [-0.2, 0) is 4.79 Å². The Morgan fingerprint density at radius 3 is 2.50 bits per heavy atom.